The van der Waals surface area contributed by atoms with Crippen LogP contribution in [0.1, 0.15) is 89.6 Å². The number of benzene rings is 4. The van der Waals surface area contributed by atoms with Crippen LogP contribution in [0.5, 0.6) is 0 Å². The van der Waals surface area contributed by atoms with Gasteiger partial charge in [-0.3, -0.25) is 5.01 Å². The number of rotatable bonds is 6. The molecule has 0 unspecified atom stereocenters. The highest BCUT2D eigenvalue weighted by Crippen LogP contribution is 2.52. The van der Waals surface area contributed by atoms with Crippen molar-refractivity contribution in [1.82, 2.24) is 4.41 Å². The highest BCUT2D eigenvalue weighted by molar-refractivity contribution is 7.97. The highest BCUT2D eigenvalue weighted by Gasteiger charge is 2.51. The van der Waals surface area contributed by atoms with Crippen LogP contribution in [0.3, 0.4) is 0 Å². The van der Waals surface area contributed by atoms with Crippen molar-refractivity contribution >= 4 is 23.7 Å². The Morgan fingerprint density at radius 3 is 1.83 bits per heavy atom. The van der Waals surface area contributed by atoms with Gasteiger partial charge in [0.2, 0.25) is 0 Å². The van der Waals surface area contributed by atoms with Gasteiger partial charge < -0.3 is 0 Å². The first-order chi connectivity index (χ1) is 24.8. The third kappa shape index (κ3) is 7.09. The fourth-order valence-corrected chi connectivity index (χ4v) is 7.64. The summed E-state index contributed by atoms with van der Waals surface area (Å²) in [6, 6.07) is 9.29. The minimum Gasteiger partial charge on any atom is -0.291 e. The zero-order valence-electron chi connectivity index (χ0n) is 29.6. The molecular formula is C40H36F10N2S. The van der Waals surface area contributed by atoms with E-state index < -0.39 is 80.6 Å². The summed E-state index contributed by atoms with van der Waals surface area (Å²) in [6.45, 7) is 17.8. The first kappa shape index (κ1) is 40.0. The molecule has 2 nitrogen and oxygen atoms in total. The molecule has 0 saturated heterocycles. The Labute approximate surface area is 305 Å². The van der Waals surface area contributed by atoms with Gasteiger partial charge in [0, 0.05) is 5.56 Å². The molecule has 4 aromatic rings. The second kappa shape index (κ2) is 14.5. The number of hydrogen-bond acceptors (Lipinski definition) is 3. The van der Waals surface area contributed by atoms with E-state index >= 15 is 26.3 Å². The minimum atomic E-state index is -5.20. The second-order valence-corrected chi connectivity index (χ2v) is 15.0. The molecular weight excluding hydrogens is 731 g/mol. The number of alkyl halides is 2. The van der Waals surface area contributed by atoms with Crippen LogP contribution in [0.25, 0.3) is 6.08 Å². The normalized spacial score (nSPS) is 15.5. The number of nitrogens with zero attached hydrogens (tertiary/aromatic N) is 2. The van der Waals surface area contributed by atoms with E-state index in [-0.39, 0.29) is 29.8 Å². The summed E-state index contributed by atoms with van der Waals surface area (Å²) in [5.74, 6) is -24.8. The van der Waals surface area contributed by atoms with E-state index in [0.29, 0.717) is 27.9 Å². The quantitative estimate of drug-likeness (QED) is 0.0634. The molecule has 53 heavy (non-hydrogen) atoms. The lowest BCUT2D eigenvalue weighted by Gasteiger charge is -2.40. The average molecular weight is 767 g/mol. The molecule has 1 heterocycles. The van der Waals surface area contributed by atoms with E-state index in [2.05, 4.69) is 25.8 Å². The van der Waals surface area contributed by atoms with Gasteiger partial charge in [0.25, 0.3) is 0 Å². The molecule has 1 aliphatic heterocycles. The monoisotopic (exact) mass is 766 g/mol. The standard InChI is InChI=1S/C38H32F10N2S.C2H4/c1-7-19-10-17(2)35(18(3)11-19)49(15-20-12-22(21-8-9-21)14-23(13-20)37(4,5)6)50-16-24-25(28(40)31(43)30(42)27(24)39)38(47,48)26-29(41)32(44)33(45)34(46)36(26)51-50;1-2/h7,10-14,21H,1,8-9,15-16H2,2-6H3;1-2H2. The maximum Gasteiger partial charge on any atom is 0.305 e. The van der Waals surface area contributed by atoms with Gasteiger partial charge in [0.15, 0.2) is 46.5 Å². The van der Waals surface area contributed by atoms with Crippen LogP contribution in [0.4, 0.5) is 49.6 Å². The van der Waals surface area contributed by atoms with E-state index in [0.717, 1.165) is 28.4 Å². The summed E-state index contributed by atoms with van der Waals surface area (Å²) in [7, 11) is 0. The van der Waals surface area contributed by atoms with Gasteiger partial charge in [-0.2, -0.15) is 13.2 Å². The molecule has 4 aromatic carbocycles. The Morgan fingerprint density at radius 1 is 0.774 bits per heavy atom. The van der Waals surface area contributed by atoms with E-state index in [1.165, 1.54) is 5.01 Å². The molecule has 0 spiro atoms. The van der Waals surface area contributed by atoms with Crippen molar-refractivity contribution in [3.63, 3.8) is 0 Å². The van der Waals surface area contributed by atoms with Crippen LogP contribution in [0.2, 0.25) is 0 Å². The zero-order valence-corrected chi connectivity index (χ0v) is 30.4. The van der Waals surface area contributed by atoms with Crippen LogP contribution in [0, 0.1) is 60.4 Å². The maximum absolute atomic E-state index is 16.2. The minimum absolute atomic E-state index is 0.0404. The second-order valence-electron chi connectivity index (χ2n) is 14.0. The van der Waals surface area contributed by atoms with Gasteiger partial charge >= 0.3 is 5.92 Å². The number of hydrogen-bond donors (Lipinski definition) is 0. The third-order valence-corrected chi connectivity index (χ3v) is 10.3. The molecule has 6 rings (SSSR count). The third-order valence-electron chi connectivity index (χ3n) is 9.25. The van der Waals surface area contributed by atoms with Gasteiger partial charge in [-0.15, -0.1) is 13.2 Å². The molecule has 0 aromatic heterocycles. The van der Waals surface area contributed by atoms with Crippen molar-refractivity contribution in [3.8, 4) is 0 Å². The first-order valence-electron chi connectivity index (χ1n) is 16.5. The topological polar surface area (TPSA) is 6.48 Å². The Kier molecular flexibility index (Phi) is 11.0. The maximum atomic E-state index is 16.2. The molecule has 13 heteroatoms. The van der Waals surface area contributed by atoms with E-state index in [1.807, 2.05) is 32.9 Å². The average Bonchev–Trinajstić information content (AvgIpc) is 3.95. The van der Waals surface area contributed by atoms with Crippen molar-refractivity contribution < 1.29 is 43.9 Å². The van der Waals surface area contributed by atoms with E-state index in [9.17, 15) is 17.6 Å². The smallest absolute Gasteiger partial charge is 0.291 e. The number of hydrazine groups is 1. The molecule has 0 bridgehead atoms. The Balaban J connectivity index is 0.00000266. The Bertz CT molecular complexity index is 2020. The molecule has 0 N–H and O–H groups in total. The summed E-state index contributed by atoms with van der Waals surface area (Å²) >= 11 is -0.0404. The van der Waals surface area contributed by atoms with E-state index in [4.69, 9.17) is 0 Å². The van der Waals surface area contributed by atoms with Crippen LogP contribution in [0.15, 0.2) is 55.0 Å². The van der Waals surface area contributed by atoms with Crippen molar-refractivity contribution in [3.05, 3.63) is 147 Å². The number of anilines is 1. The highest BCUT2D eigenvalue weighted by atomic mass is 32.2. The van der Waals surface area contributed by atoms with Crippen molar-refractivity contribution in [2.75, 3.05) is 5.01 Å². The molecule has 1 saturated carbocycles. The van der Waals surface area contributed by atoms with Crippen LogP contribution in [-0.4, -0.2) is 4.41 Å². The van der Waals surface area contributed by atoms with Crippen molar-refractivity contribution in [1.29, 1.82) is 0 Å². The first-order valence-corrected chi connectivity index (χ1v) is 17.3. The van der Waals surface area contributed by atoms with Crippen molar-refractivity contribution in [2.24, 2.45) is 0 Å². The lowest BCUT2D eigenvalue weighted by Crippen LogP contribution is -2.41. The van der Waals surface area contributed by atoms with Crippen molar-refractivity contribution in [2.45, 2.75) is 82.7 Å². The largest absolute Gasteiger partial charge is 0.305 e. The lowest BCUT2D eigenvalue weighted by atomic mass is 9.84. The molecule has 1 fully saturated rings. The number of fused-ring (bicyclic) bond motifs is 2. The van der Waals surface area contributed by atoms with Gasteiger partial charge in [0.1, 0.15) is 0 Å². The van der Waals surface area contributed by atoms with Gasteiger partial charge in [0.05, 0.1) is 34.8 Å². The number of aryl methyl sites for hydroxylation is 2. The summed E-state index contributed by atoms with van der Waals surface area (Å²) in [6.07, 6.45) is 3.45. The fourth-order valence-electron chi connectivity index (χ4n) is 6.51. The van der Waals surface area contributed by atoms with E-state index in [1.54, 1.807) is 32.1 Å². The summed E-state index contributed by atoms with van der Waals surface area (Å²) < 4.78 is 154. The molecule has 1 aliphatic carbocycles. The molecule has 0 radical (unpaired) electrons. The summed E-state index contributed by atoms with van der Waals surface area (Å²) in [5, 5.41) is 1.38. The zero-order chi connectivity index (χ0) is 39.5. The summed E-state index contributed by atoms with van der Waals surface area (Å²) in [4.78, 5) is -1.50. The van der Waals surface area contributed by atoms with Crippen LogP contribution >= 0.6 is 11.9 Å². The number of halogens is 10. The molecule has 0 amide bonds. The predicted octanol–water partition coefficient (Wildman–Crippen LogP) is 12.6. The van der Waals surface area contributed by atoms with Crippen LogP contribution in [-0.2, 0) is 24.4 Å². The van der Waals surface area contributed by atoms with Crippen LogP contribution < -0.4 is 5.01 Å². The van der Waals surface area contributed by atoms with Gasteiger partial charge in [-0.05, 0) is 95.5 Å². The fraction of sp³-hybridized carbons (Fsp3) is 0.300. The van der Waals surface area contributed by atoms with Gasteiger partial charge in [-0.25, -0.2) is 35.1 Å². The van der Waals surface area contributed by atoms with Gasteiger partial charge in [-0.1, -0.05) is 51.6 Å². The Morgan fingerprint density at radius 2 is 1.30 bits per heavy atom. The molecule has 282 valence electrons. The lowest BCUT2D eigenvalue weighted by molar-refractivity contribution is 0.0261. The SMILES string of the molecule is C=C.C=Cc1cc(C)c(N(Cc2cc(C3CC3)cc(C(C)(C)C)c2)N2Cc3c(F)c(F)c(F)c(F)c3C(F)(F)c3c(F)c(F)c(F)c(F)c3S2)c(C)c1. The predicted molar refractivity (Wildman–Crippen MR) is 188 cm³/mol. The molecule has 0 atom stereocenters. The summed E-state index contributed by atoms with van der Waals surface area (Å²) in [5.41, 5.74) is -1.52. The Hall–Kier alpha value is -4.23. The molecule has 2 aliphatic rings.